The zero-order chi connectivity index (χ0) is 12.5. The van der Waals surface area contributed by atoms with Crippen LogP contribution in [0, 0.1) is 0 Å². The highest BCUT2D eigenvalue weighted by atomic mass is 16.5. The van der Waals surface area contributed by atoms with Gasteiger partial charge in [-0.05, 0) is 18.2 Å². The number of anilines is 1. The van der Waals surface area contributed by atoms with Crippen molar-refractivity contribution in [1.29, 1.82) is 0 Å². The van der Waals surface area contributed by atoms with Gasteiger partial charge in [-0.3, -0.25) is 0 Å². The second-order valence-electron chi connectivity index (χ2n) is 4.20. The fourth-order valence-electron chi connectivity index (χ4n) is 2.13. The smallest absolute Gasteiger partial charge is 0.190 e. The van der Waals surface area contributed by atoms with Gasteiger partial charge in [0.2, 0.25) is 0 Å². The number of H-pyrrole nitrogens is 1. The molecule has 0 saturated carbocycles. The SMILES string of the molecule is COc1cccc2cc(Cc3ccc(N)o3)[nH]c12. The molecule has 0 radical (unpaired) electrons. The highest BCUT2D eigenvalue weighted by Gasteiger charge is 2.07. The van der Waals surface area contributed by atoms with Crippen LogP contribution in [-0.2, 0) is 6.42 Å². The first-order chi connectivity index (χ1) is 8.76. The Morgan fingerprint density at radius 2 is 2.17 bits per heavy atom. The molecule has 0 saturated heterocycles. The number of benzene rings is 1. The van der Waals surface area contributed by atoms with E-state index >= 15 is 0 Å². The molecule has 4 heteroatoms. The molecule has 2 heterocycles. The largest absolute Gasteiger partial charge is 0.495 e. The summed E-state index contributed by atoms with van der Waals surface area (Å²) in [6.07, 6.45) is 0.690. The summed E-state index contributed by atoms with van der Waals surface area (Å²) in [5.41, 5.74) is 7.64. The van der Waals surface area contributed by atoms with Gasteiger partial charge in [-0.15, -0.1) is 0 Å². The fraction of sp³-hybridized carbons (Fsp3) is 0.143. The summed E-state index contributed by atoms with van der Waals surface area (Å²) < 4.78 is 10.7. The number of furan rings is 1. The van der Waals surface area contributed by atoms with Crippen molar-refractivity contribution in [2.24, 2.45) is 0 Å². The number of hydrogen-bond acceptors (Lipinski definition) is 3. The predicted octanol–water partition coefficient (Wildman–Crippen LogP) is 2.94. The van der Waals surface area contributed by atoms with E-state index in [9.17, 15) is 0 Å². The number of aromatic nitrogens is 1. The van der Waals surface area contributed by atoms with Gasteiger partial charge >= 0.3 is 0 Å². The number of aromatic amines is 1. The van der Waals surface area contributed by atoms with Crippen LogP contribution in [0.5, 0.6) is 5.75 Å². The fourth-order valence-corrected chi connectivity index (χ4v) is 2.13. The van der Waals surface area contributed by atoms with E-state index in [0.717, 1.165) is 28.1 Å². The molecule has 0 aliphatic heterocycles. The second-order valence-corrected chi connectivity index (χ2v) is 4.20. The standard InChI is InChI=1S/C14H14N2O2/c1-17-12-4-2-3-9-7-10(16-14(9)12)8-11-5-6-13(15)18-11/h2-7,16H,8,15H2,1H3. The normalized spacial score (nSPS) is 10.9. The van der Waals surface area contributed by atoms with Gasteiger partial charge in [-0.1, -0.05) is 12.1 Å². The molecule has 0 aliphatic carbocycles. The molecule has 3 rings (SSSR count). The number of nitrogen functional groups attached to an aromatic ring is 1. The van der Waals surface area contributed by atoms with E-state index in [-0.39, 0.29) is 0 Å². The Hall–Kier alpha value is -2.36. The van der Waals surface area contributed by atoms with Gasteiger partial charge in [0.25, 0.3) is 0 Å². The van der Waals surface area contributed by atoms with Crippen LogP contribution in [0.15, 0.2) is 40.8 Å². The molecule has 0 atom stereocenters. The van der Waals surface area contributed by atoms with Gasteiger partial charge in [-0.2, -0.15) is 0 Å². The molecule has 92 valence electrons. The summed E-state index contributed by atoms with van der Waals surface area (Å²) in [6, 6.07) is 11.7. The molecule has 0 unspecified atom stereocenters. The summed E-state index contributed by atoms with van der Waals surface area (Å²) in [6.45, 7) is 0. The summed E-state index contributed by atoms with van der Waals surface area (Å²) in [4.78, 5) is 3.35. The van der Waals surface area contributed by atoms with Gasteiger partial charge in [0.1, 0.15) is 11.5 Å². The average molecular weight is 242 g/mol. The summed E-state index contributed by atoms with van der Waals surface area (Å²) >= 11 is 0. The Balaban J connectivity index is 1.98. The van der Waals surface area contributed by atoms with Crippen molar-refractivity contribution in [2.45, 2.75) is 6.42 Å². The molecular weight excluding hydrogens is 228 g/mol. The van der Waals surface area contributed by atoms with Crippen molar-refractivity contribution in [3.8, 4) is 5.75 Å². The number of para-hydroxylation sites is 1. The van der Waals surface area contributed by atoms with Crippen molar-refractivity contribution < 1.29 is 9.15 Å². The number of rotatable bonds is 3. The molecule has 0 spiro atoms. The summed E-state index contributed by atoms with van der Waals surface area (Å²) in [5.74, 6) is 2.13. The third-order valence-corrected chi connectivity index (χ3v) is 2.94. The Bertz CT molecular complexity index is 682. The molecule has 0 bridgehead atoms. The molecule has 1 aromatic carbocycles. The van der Waals surface area contributed by atoms with Gasteiger partial charge < -0.3 is 19.9 Å². The third-order valence-electron chi connectivity index (χ3n) is 2.94. The second kappa shape index (κ2) is 4.14. The van der Waals surface area contributed by atoms with Crippen molar-refractivity contribution in [2.75, 3.05) is 12.8 Å². The lowest BCUT2D eigenvalue weighted by Gasteiger charge is -1.99. The first kappa shape index (κ1) is 10.8. The predicted molar refractivity (Wildman–Crippen MR) is 70.8 cm³/mol. The maximum Gasteiger partial charge on any atom is 0.190 e. The maximum atomic E-state index is 5.56. The zero-order valence-electron chi connectivity index (χ0n) is 10.1. The van der Waals surface area contributed by atoms with Crippen LogP contribution in [0.4, 0.5) is 5.88 Å². The monoisotopic (exact) mass is 242 g/mol. The van der Waals surface area contributed by atoms with Crippen LogP contribution in [0.1, 0.15) is 11.5 Å². The number of methoxy groups -OCH3 is 1. The molecule has 4 nitrogen and oxygen atoms in total. The van der Waals surface area contributed by atoms with Crippen LogP contribution in [0.3, 0.4) is 0 Å². The van der Waals surface area contributed by atoms with Crippen LogP contribution >= 0.6 is 0 Å². The van der Waals surface area contributed by atoms with E-state index in [0.29, 0.717) is 12.3 Å². The van der Waals surface area contributed by atoms with Crippen LogP contribution in [0.2, 0.25) is 0 Å². The number of hydrogen-bond donors (Lipinski definition) is 2. The quantitative estimate of drug-likeness (QED) is 0.742. The maximum absolute atomic E-state index is 5.56. The highest BCUT2D eigenvalue weighted by molar-refractivity contribution is 5.86. The Morgan fingerprint density at radius 3 is 2.89 bits per heavy atom. The Kier molecular flexibility index (Phi) is 2.48. The number of nitrogens with one attached hydrogen (secondary N) is 1. The summed E-state index contributed by atoms with van der Waals surface area (Å²) in [7, 11) is 1.67. The molecule has 0 aliphatic rings. The first-order valence-electron chi connectivity index (χ1n) is 5.75. The van der Waals surface area contributed by atoms with E-state index in [2.05, 4.69) is 11.1 Å². The molecule has 3 N–H and O–H groups in total. The molecule has 0 amide bonds. The van der Waals surface area contributed by atoms with E-state index in [1.807, 2.05) is 24.3 Å². The lowest BCUT2D eigenvalue weighted by atomic mass is 10.2. The Labute approximate surface area is 104 Å². The molecule has 2 aromatic heterocycles. The van der Waals surface area contributed by atoms with Crippen LogP contribution in [0.25, 0.3) is 10.9 Å². The van der Waals surface area contributed by atoms with Crippen molar-refractivity contribution in [3.05, 3.63) is 47.9 Å². The van der Waals surface area contributed by atoms with Crippen molar-refractivity contribution in [1.82, 2.24) is 4.98 Å². The van der Waals surface area contributed by atoms with Crippen molar-refractivity contribution in [3.63, 3.8) is 0 Å². The number of nitrogens with two attached hydrogens (primary N) is 1. The van der Waals surface area contributed by atoms with Gasteiger partial charge in [0.15, 0.2) is 5.88 Å². The van der Waals surface area contributed by atoms with E-state index < -0.39 is 0 Å². The minimum atomic E-state index is 0.443. The highest BCUT2D eigenvalue weighted by Crippen LogP contribution is 2.26. The van der Waals surface area contributed by atoms with E-state index in [1.54, 1.807) is 13.2 Å². The third kappa shape index (κ3) is 1.82. The summed E-state index contributed by atoms with van der Waals surface area (Å²) in [5, 5.41) is 1.13. The van der Waals surface area contributed by atoms with E-state index in [1.165, 1.54) is 0 Å². The van der Waals surface area contributed by atoms with Gasteiger partial charge in [-0.25, -0.2) is 0 Å². The topological polar surface area (TPSA) is 64.2 Å². The first-order valence-corrected chi connectivity index (χ1v) is 5.75. The van der Waals surface area contributed by atoms with Gasteiger partial charge in [0.05, 0.1) is 12.6 Å². The number of ether oxygens (including phenoxy) is 1. The molecule has 0 fully saturated rings. The van der Waals surface area contributed by atoms with Crippen molar-refractivity contribution >= 4 is 16.8 Å². The molecular formula is C14H14N2O2. The number of fused-ring (bicyclic) bond motifs is 1. The van der Waals surface area contributed by atoms with Crippen LogP contribution < -0.4 is 10.5 Å². The zero-order valence-corrected chi connectivity index (χ0v) is 10.1. The molecule has 18 heavy (non-hydrogen) atoms. The Morgan fingerprint density at radius 1 is 1.28 bits per heavy atom. The lowest BCUT2D eigenvalue weighted by molar-refractivity contribution is 0.419. The van der Waals surface area contributed by atoms with Crippen LogP contribution in [-0.4, -0.2) is 12.1 Å². The van der Waals surface area contributed by atoms with Gasteiger partial charge in [0, 0.05) is 23.6 Å². The average Bonchev–Trinajstić information content (AvgIpc) is 2.94. The minimum Gasteiger partial charge on any atom is -0.495 e. The lowest BCUT2D eigenvalue weighted by Crippen LogP contribution is -1.86. The minimum absolute atomic E-state index is 0.443. The van der Waals surface area contributed by atoms with E-state index in [4.69, 9.17) is 14.9 Å². The molecule has 3 aromatic rings.